The van der Waals surface area contributed by atoms with Gasteiger partial charge in [-0.2, -0.15) is 0 Å². The number of nitrogens with one attached hydrogen (secondary N) is 5. The van der Waals surface area contributed by atoms with E-state index in [4.69, 9.17) is 9.53 Å². The van der Waals surface area contributed by atoms with Crippen LogP contribution in [0.5, 0.6) is 0 Å². The summed E-state index contributed by atoms with van der Waals surface area (Å²) in [5.41, 5.74) is 5.56. The summed E-state index contributed by atoms with van der Waals surface area (Å²) in [5.74, 6) is 0.398. The fraction of sp³-hybridized carbons (Fsp3) is 0.645. The first-order valence-electron chi connectivity index (χ1n) is 15.1. The van der Waals surface area contributed by atoms with Crippen LogP contribution in [0, 0.1) is 5.92 Å². The van der Waals surface area contributed by atoms with E-state index in [1.165, 1.54) is 13.5 Å². The average Bonchev–Trinajstić information content (AvgIpc) is 3.01. The zero-order chi connectivity index (χ0) is 34.5. The van der Waals surface area contributed by atoms with Crippen molar-refractivity contribution in [2.45, 2.75) is 101 Å². The van der Waals surface area contributed by atoms with Gasteiger partial charge in [-0.25, -0.2) is 4.79 Å². The smallest absolute Gasteiger partial charge is 0.407 e. The summed E-state index contributed by atoms with van der Waals surface area (Å²) in [7, 11) is 3.44. The van der Waals surface area contributed by atoms with Crippen molar-refractivity contribution in [1.29, 1.82) is 0 Å². The van der Waals surface area contributed by atoms with Gasteiger partial charge >= 0.3 is 6.09 Å². The number of rotatable bonds is 13. The highest BCUT2D eigenvalue weighted by atomic mass is 16.5. The van der Waals surface area contributed by atoms with Crippen LogP contribution in [-0.4, -0.2) is 64.0 Å². The lowest BCUT2D eigenvalue weighted by molar-refractivity contribution is -0.122. The number of carbonyl (C=O) groups is 5. The van der Waals surface area contributed by atoms with Crippen LogP contribution in [0.2, 0.25) is 0 Å². The van der Waals surface area contributed by atoms with Crippen LogP contribution < -0.4 is 32.3 Å². The Balaban J connectivity index is -0.000000171. The number of unbranched alkanes of at least 4 members (excludes halogenated alkanes) is 1. The SMILES string of the molecule is CC.CC.CCCCC(=O)NC(C)C(C)C.CCCNC.CNC(=O)OCc1ccc(NC(=O)CNC=O)cc1.NC=O. The number of benzene rings is 1. The number of amides is 5. The highest BCUT2D eigenvalue weighted by molar-refractivity contribution is 5.93. The molecule has 0 fully saturated rings. The molecule has 1 rings (SSSR count). The molecule has 5 amide bonds. The Kier molecular flexibility index (Phi) is 46.1. The molecule has 0 bridgehead atoms. The highest BCUT2D eigenvalue weighted by Gasteiger charge is 2.09. The van der Waals surface area contributed by atoms with Gasteiger partial charge in [0.05, 0.1) is 6.54 Å². The zero-order valence-electron chi connectivity index (χ0n) is 28.6. The summed E-state index contributed by atoms with van der Waals surface area (Å²) in [6, 6.07) is 7.12. The Hall–Kier alpha value is -3.67. The fourth-order valence-corrected chi connectivity index (χ4v) is 2.33. The first kappa shape index (κ1) is 49.0. The van der Waals surface area contributed by atoms with Gasteiger partial charge in [0.1, 0.15) is 6.61 Å². The molecule has 0 radical (unpaired) electrons. The second-order valence-electron chi connectivity index (χ2n) is 8.51. The van der Waals surface area contributed by atoms with Gasteiger partial charge < -0.3 is 37.1 Å². The maximum absolute atomic E-state index is 11.3. The van der Waals surface area contributed by atoms with Crippen molar-refractivity contribution in [2.75, 3.05) is 32.5 Å². The summed E-state index contributed by atoms with van der Waals surface area (Å²) in [5, 5.41) is 13.2. The van der Waals surface area contributed by atoms with Gasteiger partial charge in [-0.15, -0.1) is 0 Å². The molecule has 1 aromatic carbocycles. The van der Waals surface area contributed by atoms with Crippen LogP contribution in [0.25, 0.3) is 0 Å². The fourth-order valence-electron chi connectivity index (χ4n) is 2.33. The largest absolute Gasteiger partial charge is 0.445 e. The van der Waals surface area contributed by atoms with E-state index in [1.54, 1.807) is 24.3 Å². The van der Waals surface area contributed by atoms with E-state index in [0.29, 0.717) is 30.5 Å². The molecule has 0 aliphatic carbocycles. The summed E-state index contributed by atoms with van der Waals surface area (Å²) in [4.78, 5) is 52.0. The first-order chi connectivity index (χ1) is 20.6. The lowest BCUT2D eigenvalue weighted by Crippen LogP contribution is -2.35. The lowest BCUT2D eigenvalue weighted by atomic mass is 10.1. The normalized spacial score (nSPS) is 9.30. The van der Waals surface area contributed by atoms with Crippen molar-refractivity contribution >= 4 is 36.4 Å². The van der Waals surface area contributed by atoms with Crippen LogP contribution in [0.4, 0.5) is 10.5 Å². The van der Waals surface area contributed by atoms with Crippen molar-refractivity contribution in [2.24, 2.45) is 11.7 Å². The molecule has 43 heavy (non-hydrogen) atoms. The Morgan fingerprint density at radius 3 is 1.81 bits per heavy atom. The van der Waals surface area contributed by atoms with E-state index in [9.17, 15) is 19.2 Å². The maximum Gasteiger partial charge on any atom is 0.407 e. The molecule has 1 atom stereocenters. The Morgan fingerprint density at radius 1 is 0.907 bits per heavy atom. The predicted molar refractivity (Wildman–Crippen MR) is 178 cm³/mol. The molecule has 12 heteroatoms. The molecule has 1 unspecified atom stereocenters. The van der Waals surface area contributed by atoms with Crippen LogP contribution in [0.1, 0.15) is 93.6 Å². The molecule has 0 saturated carbocycles. The summed E-state index contributed by atoms with van der Waals surface area (Å²) in [6.07, 6.45) is 4.19. The molecule has 0 spiro atoms. The van der Waals surface area contributed by atoms with E-state index < -0.39 is 6.09 Å². The quantitative estimate of drug-likeness (QED) is 0.179. The number of alkyl carbamates (subject to hydrolysis) is 1. The first-order valence-corrected chi connectivity index (χ1v) is 15.1. The van der Waals surface area contributed by atoms with Gasteiger partial charge in [0, 0.05) is 25.2 Å². The molecule has 1 aromatic rings. The second-order valence-corrected chi connectivity index (χ2v) is 8.51. The maximum atomic E-state index is 11.3. The minimum atomic E-state index is -0.502. The monoisotopic (exact) mass is 614 g/mol. The minimum Gasteiger partial charge on any atom is -0.445 e. The topological polar surface area (TPSA) is 181 Å². The third-order valence-corrected chi connectivity index (χ3v) is 4.80. The van der Waals surface area contributed by atoms with Crippen LogP contribution in [-0.2, 0) is 30.5 Å². The van der Waals surface area contributed by atoms with Gasteiger partial charge in [0.25, 0.3) is 0 Å². The number of hydrogen-bond acceptors (Lipinski definition) is 7. The molecule has 0 heterocycles. The third-order valence-electron chi connectivity index (χ3n) is 4.80. The van der Waals surface area contributed by atoms with Gasteiger partial charge in [-0.05, 0) is 57.0 Å². The lowest BCUT2D eigenvalue weighted by Gasteiger charge is -2.17. The van der Waals surface area contributed by atoms with E-state index in [-0.39, 0.29) is 31.4 Å². The Bertz CT molecular complexity index is 775. The van der Waals surface area contributed by atoms with Crippen molar-refractivity contribution in [3.05, 3.63) is 29.8 Å². The minimum absolute atomic E-state index is 0.0783. The molecule has 0 saturated heterocycles. The number of ether oxygens (including phenoxy) is 1. The van der Waals surface area contributed by atoms with Crippen LogP contribution in [0.3, 0.4) is 0 Å². The molecule has 12 nitrogen and oxygen atoms in total. The van der Waals surface area contributed by atoms with E-state index >= 15 is 0 Å². The number of nitrogens with two attached hydrogens (primary N) is 1. The molecular weight excluding hydrogens is 552 g/mol. The summed E-state index contributed by atoms with van der Waals surface area (Å²) in [6.45, 7) is 19.7. The number of primary amides is 1. The van der Waals surface area contributed by atoms with Crippen molar-refractivity contribution < 1.29 is 28.7 Å². The van der Waals surface area contributed by atoms with Crippen molar-refractivity contribution in [3.63, 3.8) is 0 Å². The molecule has 252 valence electrons. The molecule has 0 aromatic heterocycles. The van der Waals surface area contributed by atoms with Crippen LogP contribution >= 0.6 is 0 Å². The summed E-state index contributed by atoms with van der Waals surface area (Å²) < 4.78 is 4.87. The number of hydrogen-bond donors (Lipinski definition) is 6. The predicted octanol–water partition coefficient (Wildman–Crippen LogP) is 4.33. The van der Waals surface area contributed by atoms with E-state index in [2.05, 4.69) is 66.9 Å². The van der Waals surface area contributed by atoms with Crippen molar-refractivity contribution in [1.82, 2.24) is 21.3 Å². The highest BCUT2D eigenvalue weighted by Crippen LogP contribution is 2.10. The zero-order valence-corrected chi connectivity index (χ0v) is 28.6. The van der Waals surface area contributed by atoms with Crippen molar-refractivity contribution in [3.8, 4) is 0 Å². The Labute approximate surface area is 261 Å². The second kappa shape index (κ2) is 40.5. The summed E-state index contributed by atoms with van der Waals surface area (Å²) >= 11 is 0. The van der Waals surface area contributed by atoms with Gasteiger partial charge in [-0.1, -0.05) is 73.9 Å². The number of anilines is 1. The Morgan fingerprint density at radius 2 is 1.44 bits per heavy atom. The average molecular weight is 615 g/mol. The molecule has 7 N–H and O–H groups in total. The molecular formula is C31H62N6O6. The third kappa shape index (κ3) is 40.5. The molecule has 0 aliphatic rings. The van der Waals surface area contributed by atoms with E-state index in [1.807, 2.05) is 34.7 Å². The van der Waals surface area contributed by atoms with Gasteiger partial charge in [0.2, 0.25) is 24.6 Å². The van der Waals surface area contributed by atoms with Gasteiger partial charge in [-0.3, -0.25) is 19.2 Å². The van der Waals surface area contributed by atoms with E-state index in [0.717, 1.165) is 24.9 Å². The number of carbonyl (C=O) groups excluding carboxylic acids is 5. The van der Waals surface area contributed by atoms with Gasteiger partial charge in [0.15, 0.2) is 0 Å². The van der Waals surface area contributed by atoms with Crippen LogP contribution in [0.15, 0.2) is 24.3 Å². The standard InChI is InChI=1S/C12H15N3O4.C10H21NO.C4H11N.2C2H6.CH3NO/c1-13-12(18)19-7-9-2-4-10(5-3-9)15-11(17)6-14-8-16;1-5-6-7-10(12)11-9(4)8(2)3;1-3-4-5-2;2*1-2;2-1-3/h2-5,8H,6-7H2,1H3,(H,13,18)(H,14,16)(H,15,17);8-9H,5-7H2,1-4H3,(H,11,12);5H,3-4H2,1-2H3;2*1-2H3;1H,(H2,2,3). The molecule has 0 aliphatic heterocycles.